The number of ether oxygens (including phenoxy) is 3. The van der Waals surface area contributed by atoms with E-state index in [9.17, 15) is 19.2 Å². The predicted molar refractivity (Wildman–Crippen MR) is 93.4 cm³/mol. The van der Waals surface area contributed by atoms with Crippen LogP contribution in [0.3, 0.4) is 0 Å². The molecule has 0 spiro atoms. The van der Waals surface area contributed by atoms with Crippen molar-refractivity contribution in [3.05, 3.63) is 35.5 Å². The zero-order valence-corrected chi connectivity index (χ0v) is 15.0. The number of nitrogens with one attached hydrogen (secondary N) is 1. The molecule has 1 saturated heterocycles. The van der Waals surface area contributed by atoms with Crippen molar-refractivity contribution in [2.24, 2.45) is 0 Å². The summed E-state index contributed by atoms with van der Waals surface area (Å²) in [7, 11) is 0. The summed E-state index contributed by atoms with van der Waals surface area (Å²) in [6.45, 7) is 3.14. The molecule has 1 heterocycles. The third kappa shape index (κ3) is 5.56. The highest BCUT2D eigenvalue weighted by Gasteiger charge is 2.34. The monoisotopic (exact) mass is 376 g/mol. The smallest absolute Gasteiger partial charge is 0.344 e. The van der Waals surface area contributed by atoms with Gasteiger partial charge in [-0.05, 0) is 37.6 Å². The van der Waals surface area contributed by atoms with E-state index in [0.29, 0.717) is 11.3 Å². The third-order valence-corrected chi connectivity index (χ3v) is 3.41. The minimum atomic E-state index is -0.700. The van der Waals surface area contributed by atoms with Crippen molar-refractivity contribution in [3.63, 3.8) is 0 Å². The van der Waals surface area contributed by atoms with Crippen LogP contribution in [0.1, 0.15) is 19.4 Å². The summed E-state index contributed by atoms with van der Waals surface area (Å²) in [5, 5.41) is 2.13. The van der Waals surface area contributed by atoms with E-state index < -0.39 is 23.9 Å². The van der Waals surface area contributed by atoms with Crippen LogP contribution in [0.2, 0.25) is 0 Å². The quantitative estimate of drug-likeness (QED) is 0.411. The average molecular weight is 376 g/mol. The Balaban J connectivity index is 2.16. The summed E-state index contributed by atoms with van der Waals surface area (Å²) in [5.74, 6) is -1.36. The molecule has 0 unspecified atom stereocenters. The van der Waals surface area contributed by atoms with Crippen LogP contribution in [0.25, 0.3) is 6.08 Å². The summed E-state index contributed by atoms with van der Waals surface area (Å²) in [6, 6.07) is 5.87. The highest BCUT2D eigenvalue weighted by atomic mass is 16.6. The summed E-state index contributed by atoms with van der Waals surface area (Å²) in [4.78, 5) is 47.9. The van der Waals surface area contributed by atoms with E-state index in [-0.39, 0.29) is 32.1 Å². The largest absolute Gasteiger partial charge is 0.482 e. The second-order valence-electron chi connectivity index (χ2n) is 5.35. The fraction of sp³-hybridized carbons (Fsp3) is 0.333. The topological polar surface area (TPSA) is 111 Å². The van der Waals surface area contributed by atoms with Crippen LogP contribution >= 0.6 is 0 Å². The van der Waals surface area contributed by atoms with E-state index in [2.05, 4.69) is 5.32 Å². The first kappa shape index (κ1) is 20.0. The van der Waals surface area contributed by atoms with Crippen LogP contribution < -0.4 is 10.1 Å². The van der Waals surface area contributed by atoms with Gasteiger partial charge in [-0.3, -0.25) is 19.8 Å². The standard InChI is InChI=1S/C18H20N2O7/c1-3-25-15(21)10-20-14(17(23)19-18(20)24)9-12-6-5-7-13(8-12)27-11-16(22)26-4-2/h5-9H,3-4,10-11H2,1-2H3,(H,19,23,24)/b14-9+. The molecule has 3 amide bonds. The number of hydrogen-bond donors (Lipinski definition) is 1. The molecule has 0 atom stereocenters. The highest BCUT2D eigenvalue weighted by Crippen LogP contribution is 2.20. The average Bonchev–Trinajstić information content (AvgIpc) is 2.88. The molecule has 0 radical (unpaired) electrons. The molecule has 0 aromatic heterocycles. The maximum Gasteiger partial charge on any atom is 0.344 e. The Morgan fingerprint density at radius 1 is 1.11 bits per heavy atom. The van der Waals surface area contributed by atoms with Crippen LogP contribution in [0.15, 0.2) is 30.0 Å². The molecule has 144 valence electrons. The van der Waals surface area contributed by atoms with Gasteiger partial charge in [0.1, 0.15) is 18.0 Å². The third-order valence-electron chi connectivity index (χ3n) is 3.41. The molecule has 9 heteroatoms. The molecule has 9 nitrogen and oxygen atoms in total. The lowest BCUT2D eigenvalue weighted by atomic mass is 10.1. The van der Waals surface area contributed by atoms with Gasteiger partial charge < -0.3 is 14.2 Å². The van der Waals surface area contributed by atoms with Gasteiger partial charge in [0.05, 0.1) is 13.2 Å². The second-order valence-corrected chi connectivity index (χ2v) is 5.35. The van der Waals surface area contributed by atoms with Gasteiger partial charge in [0.25, 0.3) is 5.91 Å². The molecule has 27 heavy (non-hydrogen) atoms. The molecule has 1 aromatic carbocycles. The van der Waals surface area contributed by atoms with Crippen LogP contribution in [-0.2, 0) is 23.9 Å². The number of nitrogens with zero attached hydrogens (tertiary/aromatic N) is 1. The summed E-state index contributed by atoms with van der Waals surface area (Å²) < 4.78 is 14.9. The van der Waals surface area contributed by atoms with Crippen molar-refractivity contribution in [3.8, 4) is 5.75 Å². The van der Waals surface area contributed by atoms with Gasteiger partial charge in [0.15, 0.2) is 6.61 Å². The van der Waals surface area contributed by atoms with Crippen LogP contribution in [0, 0.1) is 0 Å². The number of benzene rings is 1. The van der Waals surface area contributed by atoms with Gasteiger partial charge in [0.2, 0.25) is 0 Å². The molecule has 1 fully saturated rings. The van der Waals surface area contributed by atoms with E-state index in [0.717, 1.165) is 4.90 Å². The number of esters is 2. The zero-order valence-electron chi connectivity index (χ0n) is 15.0. The molecule has 1 aliphatic rings. The molecule has 1 aromatic rings. The van der Waals surface area contributed by atoms with Gasteiger partial charge in [-0.25, -0.2) is 9.59 Å². The number of rotatable bonds is 8. The Bertz CT molecular complexity index is 773. The van der Waals surface area contributed by atoms with E-state index >= 15 is 0 Å². The SMILES string of the molecule is CCOC(=O)COc1cccc(/C=C2\C(=O)NC(=O)N2CC(=O)OCC)c1. The Hall–Kier alpha value is -3.36. The van der Waals surface area contributed by atoms with Crippen molar-refractivity contribution in [2.45, 2.75) is 13.8 Å². The molecular weight excluding hydrogens is 356 g/mol. The van der Waals surface area contributed by atoms with Crippen LogP contribution in [0.4, 0.5) is 4.79 Å². The minimum Gasteiger partial charge on any atom is -0.482 e. The fourth-order valence-corrected chi connectivity index (χ4v) is 2.29. The van der Waals surface area contributed by atoms with Gasteiger partial charge >= 0.3 is 18.0 Å². The lowest BCUT2D eigenvalue weighted by Crippen LogP contribution is -2.33. The number of carbonyl (C=O) groups excluding carboxylic acids is 4. The molecule has 0 saturated carbocycles. The van der Waals surface area contributed by atoms with E-state index in [4.69, 9.17) is 14.2 Å². The lowest BCUT2D eigenvalue weighted by Gasteiger charge is -2.14. The van der Waals surface area contributed by atoms with E-state index in [1.54, 1.807) is 38.1 Å². The maximum atomic E-state index is 12.0. The van der Waals surface area contributed by atoms with Crippen molar-refractivity contribution in [1.82, 2.24) is 10.2 Å². The van der Waals surface area contributed by atoms with Crippen molar-refractivity contribution >= 4 is 30.0 Å². The molecule has 1 N–H and O–H groups in total. The predicted octanol–water partition coefficient (Wildman–Crippen LogP) is 1.08. The number of hydrogen-bond acceptors (Lipinski definition) is 7. The summed E-state index contributed by atoms with van der Waals surface area (Å²) in [6.07, 6.45) is 1.44. The second kappa shape index (κ2) is 9.37. The van der Waals surface area contributed by atoms with Gasteiger partial charge in [-0.2, -0.15) is 0 Å². The summed E-state index contributed by atoms with van der Waals surface area (Å²) in [5.41, 5.74) is 0.556. The number of imide groups is 1. The van der Waals surface area contributed by atoms with Gasteiger partial charge in [0, 0.05) is 0 Å². The fourth-order valence-electron chi connectivity index (χ4n) is 2.29. The molecule has 0 aliphatic carbocycles. The van der Waals surface area contributed by atoms with Gasteiger partial charge in [-0.15, -0.1) is 0 Å². The Kier molecular flexibility index (Phi) is 6.93. The van der Waals surface area contributed by atoms with Gasteiger partial charge in [-0.1, -0.05) is 12.1 Å². The zero-order chi connectivity index (χ0) is 19.8. The Labute approximate surface area is 155 Å². The van der Waals surface area contributed by atoms with E-state index in [1.807, 2.05) is 0 Å². The van der Waals surface area contributed by atoms with Crippen molar-refractivity contribution in [1.29, 1.82) is 0 Å². The lowest BCUT2D eigenvalue weighted by molar-refractivity contribution is -0.145. The number of urea groups is 1. The van der Waals surface area contributed by atoms with Crippen molar-refractivity contribution < 1.29 is 33.4 Å². The highest BCUT2D eigenvalue weighted by molar-refractivity contribution is 6.14. The molecular formula is C18H20N2O7. The number of carbonyl (C=O) groups is 4. The first-order chi connectivity index (χ1) is 12.9. The number of amides is 3. The maximum absolute atomic E-state index is 12.0. The molecule has 2 rings (SSSR count). The molecule has 1 aliphatic heterocycles. The summed E-state index contributed by atoms with van der Waals surface area (Å²) >= 11 is 0. The Morgan fingerprint density at radius 2 is 1.81 bits per heavy atom. The first-order valence-corrected chi connectivity index (χ1v) is 8.33. The van der Waals surface area contributed by atoms with Crippen LogP contribution in [-0.4, -0.2) is 55.1 Å². The van der Waals surface area contributed by atoms with Crippen molar-refractivity contribution in [2.75, 3.05) is 26.4 Å². The minimum absolute atomic E-state index is 0.00981. The normalized spacial score (nSPS) is 14.9. The first-order valence-electron chi connectivity index (χ1n) is 8.33. The molecule has 0 bridgehead atoms. The van der Waals surface area contributed by atoms with E-state index in [1.165, 1.54) is 6.08 Å². The Morgan fingerprint density at radius 3 is 2.52 bits per heavy atom. The van der Waals surface area contributed by atoms with Crippen LogP contribution in [0.5, 0.6) is 5.75 Å².